The molecule has 1 amide bonds. The molecule has 0 fully saturated rings. The number of nitrogens with one attached hydrogen (secondary N) is 1. The third-order valence-corrected chi connectivity index (χ3v) is 4.18. The number of amides is 1. The van der Waals surface area contributed by atoms with Crippen LogP contribution in [0.15, 0.2) is 60.7 Å². The smallest absolute Gasteiger partial charge is 0.330 e. The standard InChI is InChI=1S/C19H21NO4S/c21-18(20-17(19(22)23)14-7-3-1-4-8-14)15(13-25)11-12-24-16-9-5-2-6-10-16/h1-10,15,17,25H,11-13H2,(H,20,21)(H,22,23)/t15-,17-/m1/s1. The molecule has 0 radical (unpaired) electrons. The highest BCUT2D eigenvalue weighted by Crippen LogP contribution is 2.16. The molecule has 2 aromatic rings. The number of ether oxygens (including phenoxy) is 1. The first-order chi connectivity index (χ1) is 12.1. The molecule has 5 nitrogen and oxygen atoms in total. The molecular formula is C19H21NO4S. The van der Waals surface area contributed by atoms with E-state index >= 15 is 0 Å². The van der Waals surface area contributed by atoms with Crippen LogP contribution < -0.4 is 10.1 Å². The normalized spacial score (nSPS) is 12.8. The van der Waals surface area contributed by atoms with Crippen molar-refractivity contribution in [2.24, 2.45) is 5.92 Å². The van der Waals surface area contributed by atoms with Crippen molar-refractivity contribution in [3.63, 3.8) is 0 Å². The van der Waals surface area contributed by atoms with Gasteiger partial charge in [0.25, 0.3) is 0 Å². The number of rotatable bonds is 9. The van der Waals surface area contributed by atoms with Crippen molar-refractivity contribution in [2.45, 2.75) is 12.5 Å². The molecule has 0 heterocycles. The Kier molecular flexibility index (Phi) is 7.35. The minimum atomic E-state index is -1.10. The average Bonchev–Trinajstić information content (AvgIpc) is 2.64. The van der Waals surface area contributed by atoms with E-state index in [9.17, 15) is 14.7 Å². The summed E-state index contributed by atoms with van der Waals surface area (Å²) >= 11 is 4.21. The van der Waals surface area contributed by atoms with Crippen LogP contribution in [0.2, 0.25) is 0 Å². The van der Waals surface area contributed by atoms with Crippen LogP contribution in [-0.4, -0.2) is 29.3 Å². The summed E-state index contributed by atoms with van der Waals surface area (Å²) in [6, 6.07) is 16.9. The van der Waals surface area contributed by atoms with E-state index < -0.39 is 17.9 Å². The van der Waals surface area contributed by atoms with Gasteiger partial charge in [-0.2, -0.15) is 12.6 Å². The molecule has 25 heavy (non-hydrogen) atoms. The molecule has 0 unspecified atom stereocenters. The third-order valence-electron chi connectivity index (χ3n) is 3.74. The second-order valence-electron chi connectivity index (χ2n) is 5.52. The Balaban J connectivity index is 1.92. The number of para-hydroxylation sites is 1. The Morgan fingerprint density at radius 1 is 1.04 bits per heavy atom. The lowest BCUT2D eigenvalue weighted by Gasteiger charge is -2.19. The number of hydrogen-bond donors (Lipinski definition) is 3. The molecule has 0 spiro atoms. The van der Waals surface area contributed by atoms with Crippen molar-refractivity contribution in [1.29, 1.82) is 0 Å². The van der Waals surface area contributed by atoms with Crippen LogP contribution in [0, 0.1) is 5.92 Å². The summed E-state index contributed by atoms with van der Waals surface area (Å²) in [5, 5.41) is 12.0. The van der Waals surface area contributed by atoms with Gasteiger partial charge in [0.2, 0.25) is 5.91 Å². The summed E-state index contributed by atoms with van der Waals surface area (Å²) in [6.07, 6.45) is 0.450. The number of carboxylic acid groups (broad SMARTS) is 1. The Morgan fingerprint density at radius 2 is 1.64 bits per heavy atom. The van der Waals surface area contributed by atoms with Crippen molar-refractivity contribution in [3.8, 4) is 5.75 Å². The lowest BCUT2D eigenvalue weighted by molar-refractivity contribution is -0.142. The highest BCUT2D eigenvalue weighted by Gasteiger charge is 2.25. The predicted octanol–water partition coefficient (Wildman–Crippen LogP) is 2.94. The molecule has 0 saturated carbocycles. The Hall–Kier alpha value is -2.47. The van der Waals surface area contributed by atoms with Gasteiger partial charge in [-0.3, -0.25) is 4.79 Å². The Labute approximate surface area is 152 Å². The van der Waals surface area contributed by atoms with Crippen LogP contribution in [0.3, 0.4) is 0 Å². The number of thiol groups is 1. The largest absolute Gasteiger partial charge is 0.494 e. The zero-order valence-electron chi connectivity index (χ0n) is 13.7. The summed E-state index contributed by atoms with van der Waals surface area (Å²) < 4.78 is 5.60. The Bertz CT molecular complexity index is 678. The average molecular weight is 359 g/mol. The van der Waals surface area contributed by atoms with Crippen molar-refractivity contribution in [3.05, 3.63) is 66.2 Å². The van der Waals surface area contributed by atoms with Crippen molar-refractivity contribution < 1.29 is 19.4 Å². The van der Waals surface area contributed by atoms with Crippen molar-refractivity contribution in [2.75, 3.05) is 12.4 Å². The van der Waals surface area contributed by atoms with E-state index in [-0.39, 0.29) is 5.91 Å². The zero-order chi connectivity index (χ0) is 18.1. The number of carboxylic acids is 1. The molecule has 0 aliphatic carbocycles. The van der Waals surface area contributed by atoms with E-state index in [1.54, 1.807) is 30.3 Å². The first-order valence-corrected chi connectivity index (χ1v) is 8.62. The van der Waals surface area contributed by atoms with Gasteiger partial charge in [0.15, 0.2) is 6.04 Å². The van der Waals surface area contributed by atoms with E-state index in [4.69, 9.17) is 4.74 Å². The van der Waals surface area contributed by atoms with Gasteiger partial charge in [0, 0.05) is 11.7 Å². The minimum absolute atomic E-state index is 0.311. The van der Waals surface area contributed by atoms with E-state index in [2.05, 4.69) is 17.9 Å². The summed E-state index contributed by atoms with van der Waals surface area (Å²) in [6.45, 7) is 0.353. The molecule has 2 N–H and O–H groups in total. The summed E-state index contributed by atoms with van der Waals surface area (Å²) in [4.78, 5) is 23.9. The van der Waals surface area contributed by atoms with Crippen LogP contribution in [0.25, 0.3) is 0 Å². The maximum atomic E-state index is 12.4. The highest BCUT2D eigenvalue weighted by atomic mass is 32.1. The molecule has 2 aromatic carbocycles. The SMILES string of the molecule is O=C(N[C@@H](C(=O)O)c1ccccc1)[C@@H](CS)CCOc1ccccc1. The van der Waals surface area contributed by atoms with Gasteiger partial charge in [0.1, 0.15) is 5.75 Å². The minimum Gasteiger partial charge on any atom is -0.494 e. The molecule has 0 aromatic heterocycles. The van der Waals surface area contributed by atoms with Gasteiger partial charge in [-0.05, 0) is 24.1 Å². The lowest BCUT2D eigenvalue weighted by Crippen LogP contribution is -2.38. The van der Waals surface area contributed by atoms with Gasteiger partial charge in [-0.25, -0.2) is 4.79 Å². The quantitative estimate of drug-likeness (QED) is 0.602. The second kappa shape index (κ2) is 9.74. The molecule has 0 bridgehead atoms. The fourth-order valence-corrected chi connectivity index (χ4v) is 2.68. The monoisotopic (exact) mass is 359 g/mol. The molecule has 0 aliphatic rings. The summed E-state index contributed by atoms with van der Waals surface area (Å²) in [5.74, 6) is -0.836. The third kappa shape index (κ3) is 5.83. The van der Waals surface area contributed by atoms with E-state index in [1.165, 1.54) is 0 Å². The lowest BCUT2D eigenvalue weighted by atomic mass is 10.0. The van der Waals surface area contributed by atoms with Crippen LogP contribution in [-0.2, 0) is 9.59 Å². The van der Waals surface area contributed by atoms with Gasteiger partial charge < -0.3 is 15.2 Å². The van der Waals surface area contributed by atoms with Crippen molar-refractivity contribution >= 4 is 24.5 Å². The van der Waals surface area contributed by atoms with Crippen molar-refractivity contribution in [1.82, 2.24) is 5.32 Å². The van der Waals surface area contributed by atoms with Crippen LogP contribution in [0.1, 0.15) is 18.0 Å². The predicted molar refractivity (Wildman–Crippen MR) is 98.9 cm³/mol. The fourth-order valence-electron chi connectivity index (χ4n) is 2.33. The topological polar surface area (TPSA) is 75.6 Å². The van der Waals surface area contributed by atoms with E-state index in [0.717, 1.165) is 5.75 Å². The Morgan fingerprint density at radius 3 is 2.20 bits per heavy atom. The highest BCUT2D eigenvalue weighted by molar-refractivity contribution is 7.80. The van der Waals surface area contributed by atoms with Crippen LogP contribution in [0.4, 0.5) is 0 Å². The van der Waals surface area contributed by atoms with Gasteiger partial charge >= 0.3 is 5.97 Å². The van der Waals surface area contributed by atoms with Crippen LogP contribution >= 0.6 is 12.6 Å². The summed E-state index contributed by atoms with van der Waals surface area (Å²) in [7, 11) is 0. The molecule has 0 saturated heterocycles. The molecule has 2 rings (SSSR count). The first-order valence-electron chi connectivity index (χ1n) is 7.98. The van der Waals surface area contributed by atoms with Gasteiger partial charge in [-0.15, -0.1) is 0 Å². The molecule has 2 atom stereocenters. The first kappa shape index (κ1) is 18.9. The number of benzene rings is 2. The van der Waals surface area contributed by atoms with E-state index in [1.807, 2.05) is 30.3 Å². The number of hydrogen-bond acceptors (Lipinski definition) is 4. The molecular weight excluding hydrogens is 338 g/mol. The maximum absolute atomic E-state index is 12.4. The molecule has 132 valence electrons. The zero-order valence-corrected chi connectivity index (χ0v) is 14.6. The van der Waals surface area contributed by atoms with Crippen LogP contribution in [0.5, 0.6) is 5.75 Å². The number of carbonyl (C=O) groups is 2. The molecule has 0 aliphatic heterocycles. The number of carbonyl (C=O) groups excluding carboxylic acids is 1. The summed E-state index contributed by atoms with van der Waals surface area (Å²) in [5.41, 5.74) is 0.529. The van der Waals surface area contributed by atoms with Gasteiger partial charge in [-0.1, -0.05) is 48.5 Å². The van der Waals surface area contributed by atoms with Gasteiger partial charge in [0.05, 0.1) is 6.61 Å². The number of aliphatic carboxylic acids is 1. The molecule has 6 heteroatoms. The fraction of sp³-hybridized carbons (Fsp3) is 0.263. The van der Waals surface area contributed by atoms with E-state index in [0.29, 0.717) is 24.3 Å². The maximum Gasteiger partial charge on any atom is 0.330 e. The second-order valence-corrected chi connectivity index (χ2v) is 5.89.